The zero-order valence-electron chi connectivity index (χ0n) is 18.7. The fraction of sp³-hybridized carbons (Fsp3) is 0.143. The van der Waals surface area contributed by atoms with Gasteiger partial charge in [0.2, 0.25) is 0 Å². The standard InChI is InChI=1S/C28H25N3O2/c1-19-12-13-20(2)31(19)23-16-14-22(15-17-23)28(32)30-29-25-18-27(21-8-4-3-5-9-21)33-26-11-7-6-10-24(25)26/h3-17,27H,18H2,1-2H3,(H,30,32)/b29-25+. The van der Waals surface area contributed by atoms with E-state index in [1.165, 1.54) is 0 Å². The van der Waals surface area contributed by atoms with Gasteiger partial charge in [-0.2, -0.15) is 5.10 Å². The molecular weight excluding hydrogens is 410 g/mol. The van der Waals surface area contributed by atoms with E-state index in [2.05, 4.69) is 41.1 Å². The van der Waals surface area contributed by atoms with Crippen LogP contribution < -0.4 is 10.2 Å². The molecule has 164 valence electrons. The Hall–Kier alpha value is -4.12. The number of hydrogen-bond acceptors (Lipinski definition) is 3. The summed E-state index contributed by atoms with van der Waals surface area (Å²) in [5.74, 6) is 0.530. The first-order chi connectivity index (χ1) is 16.1. The van der Waals surface area contributed by atoms with Crippen molar-refractivity contribution in [3.63, 3.8) is 0 Å². The molecule has 5 rings (SSSR count). The molecule has 1 aromatic heterocycles. The number of para-hydroxylation sites is 1. The topological polar surface area (TPSA) is 55.6 Å². The molecule has 1 N–H and O–H groups in total. The number of rotatable bonds is 4. The predicted octanol–water partition coefficient (Wildman–Crippen LogP) is 5.75. The fourth-order valence-electron chi connectivity index (χ4n) is 4.27. The van der Waals surface area contributed by atoms with Gasteiger partial charge in [0.1, 0.15) is 11.9 Å². The first-order valence-corrected chi connectivity index (χ1v) is 11.0. The van der Waals surface area contributed by atoms with E-state index in [4.69, 9.17) is 4.74 Å². The summed E-state index contributed by atoms with van der Waals surface area (Å²) >= 11 is 0. The molecule has 3 aromatic carbocycles. The second-order valence-electron chi connectivity index (χ2n) is 8.22. The largest absolute Gasteiger partial charge is 0.485 e. The van der Waals surface area contributed by atoms with E-state index in [-0.39, 0.29) is 12.0 Å². The molecule has 0 spiro atoms. The Morgan fingerprint density at radius 1 is 0.879 bits per heavy atom. The van der Waals surface area contributed by atoms with Gasteiger partial charge in [0.05, 0.1) is 5.71 Å². The molecule has 0 fully saturated rings. The highest BCUT2D eigenvalue weighted by atomic mass is 16.5. The summed E-state index contributed by atoms with van der Waals surface area (Å²) in [6, 6.07) is 29.6. The number of amides is 1. The maximum absolute atomic E-state index is 12.8. The average molecular weight is 436 g/mol. The van der Waals surface area contributed by atoms with E-state index in [0.717, 1.165) is 39.7 Å². The van der Waals surface area contributed by atoms with E-state index in [1.807, 2.05) is 78.9 Å². The van der Waals surface area contributed by atoms with E-state index < -0.39 is 0 Å². The van der Waals surface area contributed by atoms with Crippen LogP contribution in [0.2, 0.25) is 0 Å². The number of aromatic nitrogens is 1. The SMILES string of the molecule is Cc1ccc(C)n1-c1ccc(C(=O)N/N=C2\CC(c3ccccc3)Oc3ccccc32)cc1. The summed E-state index contributed by atoms with van der Waals surface area (Å²) in [6.45, 7) is 4.14. The van der Waals surface area contributed by atoms with Crippen LogP contribution in [0.5, 0.6) is 5.75 Å². The zero-order valence-corrected chi connectivity index (χ0v) is 18.7. The summed E-state index contributed by atoms with van der Waals surface area (Å²) in [7, 11) is 0. The quantitative estimate of drug-likeness (QED) is 0.415. The van der Waals surface area contributed by atoms with Crippen molar-refractivity contribution >= 4 is 11.6 Å². The molecule has 0 saturated carbocycles. The van der Waals surface area contributed by atoms with Gasteiger partial charge in [-0.15, -0.1) is 0 Å². The smallest absolute Gasteiger partial charge is 0.271 e. The predicted molar refractivity (Wildman–Crippen MR) is 130 cm³/mol. The highest BCUT2D eigenvalue weighted by Gasteiger charge is 2.26. The van der Waals surface area contributed by atoms with Crippen LogP contribution in [-0.4, -0.2) is 16.2 Å². The van der Waals surface area contributed by atoms with Gasteiger partial charge >= 0.3 is 0 Å². The minimum Gasteiger partial charge on any atom is -0.485 e. The van der Waals surface area contributed by atoms with E-state index in [0.29, 0.717) is 12.0 Å². The van der Waals surface area contributed by atoms with Gasteiger partial charge in [0, 0.05) is 34.6 Å². The van der Waals surface area contributed by atoms with Gasteiger partial charge in [-0.05, 0) is 67.9 Å². The minimum absolute atomic E-state index is 0.149. The van der Waals surface area contributed by atoms with Gasteiger partial charge in [0.25, 0.3) is 5.91 Å². The Labute approximate surface area is 193 Å². The third-order valence-electron chi connectivity index (χ3n) is 5.97. The Bertz CT molecular complexity index is 1300. The zero-order chi connectivity index (χ0) is 22.8. The molecule has 1 aliphatic rings. The van der Waals surface area contributed by atoms with Crippen molar-refractivity contribution in [3.05, 3.63) is 119 Å². The van der Waals surface area contributed by atoms with Gasteiger partial charge < -0.3 is 9.30 Å². The molecule has 0 radical (unpaired) electrons. The molecule has 33 heavy (non-hydrogen) atoms. The Morgan fingerprint density at radius 3 is 2.27 bits per heavy atom. The van der Waals surface area contributed by atoms with Crippen LogP contribution in [0, 0.1) is 13.8 Å². The lowest BCUT2D eigenvalue weighted by Gasteiger charge is -2.27. The monoisotopic (exact) mass is 435 g/mol. The van der Waals surface area contributed by atoms with Crippen molar-refractivity contribution in [2.24, 2.45) is 5.10 Å². The second-order valence-corrected chi connectivity index (χ2v) is 8.22. The normalized spacial score (nSPS) is 16.2. The molecule has 2 heterocycles. The second kappa shape index (κ2) is 8.79. The number of nitrogens with zero attached hydrogens (tertiary/aromatic N) is 2. The van der Waals surface area contributed by atoms with Crippen LogP contribution in [0.3, 0.4) is 0 Å². The van der Waals surface area contributed by atoms with Crippen molar-refractivity contribution in [1.82, 2.24) is 9.99 Å². The van der Waals surface area contributed by atoms with Crippen molar-refractivity contribution in [2.75, 3.05) is 0 Å². The summed E-state index contributed by atoms with van der Waals surface area (Å²) in [6.07, 6.45) is 0.427. The number of carbonyl (C=O) groups excluding carboxylic acids is 1. The number of hydrogen-bond donors (Lipinski definition) is 1. The number of ether oxygens (including phenoxy) is 1. The Morgan fingerprint density at radius 2 is 1.55 bits per heavy atom. The lowest BCUT2D eigenvalue weighted by atomic mass is 9.96. The van der Waals surface area contributed by atoms with Crippen LogP contribution in [0.4, 0.5) is 0 Å². The molecule has 0 aliphatic carbocycles. The van der Waals surface area contributed by atoms with E-state index in [9.17, 15) is 4.79 Å². The van der Waals surface area contributed by atoms with Crippen molar-refractivity contribution in [2.45, 2.75) is 26.4 Å². The molecule has 5 nitrogen and oxygen atoms in total. The van der Waals surface area contributed by atoms with Gasteiger partial charge in [0.15, 0.2) is 0 Å². The Kier molecular flexibility index (Phi) is 5.53. The summed E-state index contributed by atoms with van der Waals surface area (Å²) in [5.41, 5.74) is 9.43. The van der Waals surface area contributed by atoms with Crippen LogP contribution in [0.25, 0.3) is 5.69 Å². The Balaban J connectivity index is 1.37. The number of nitrogens with one attached hydrogen (secondary N) is 1. The van der Waals surface area contributed by atoms with Crippen LogP contribution in [0.15, 0.2) is 96.1 Å². The highest BCUT2D eigenvalue weighted by molar-refractivity contribution is 6.05. The first-order valence-electron chi connectivity index (χ1n) is 11.0. The molecule has 0 saturated heterocycles. The lowest BCUT2D eigenvalue weighted by Crippen LogP contribution is -2.25. The van der Waals surface area contributed by atoms with Crippen molar-refractivity contribution < 1.29 is 9.53 Å². The molecule has 1 aliphatic heterocycles. The summed E-state index contributed by atoms with van der Waals surface area (Å²) < 4.78 is 8.37. The fourth-order valence-corrected chi connectivity index (χ4v) is 4.27. The number of carbonyl (C=O) groups is 1. The van der Waals surface area contributed by atoms with Gasteiger partial charge in [-0.1, -0.05) is 42.5 Å². The van der Waals surface area contributed by atoms with Crippen LogP contribution in [0.1, 0.15) is 45.4 Å². The summed E-state index contributed by atoms with van der Waals surface area (Å²) in [5, 5.41) is 4.51. The first kappa shape index (κ1) is 20.8. The molecule has 1 amide bonds. The lowest BCUT2D eigenvalue weighted by molar-refractivity contribution is 0.0954. The molecule has 0 bridgehead atoms. The summed E-state index contributed by atoms with van der Waals surface area (Å²) in [4.78, 5) is 12.8. The number of hydrazone groups is 1. The third-order valence-corrected chi connectivity index (χ3v) is 5.97. The molecule has 1 unspecified atom stereocenters. The average Bonchev–Trinajstić information content (AvgIpc) is 3.20. The maximum atomic E-state index is 12.8. The minimum atomic E-state index is -0.241. The maximum Gasteiger partial charge on any atom is 0.271 e. The van der Waals surface area contributed by atoms with Crippen molar-refractivity contribution in [1.29, 1.82) is 0 Å². The number of fused-ring (bicyclic) bond motifs is 1. The molecule has 4 aromatic rings. The molecule has 1 atom stereocenters. The third kappa shape index (κ3) is 4.17. The number of aryl methyl sites for hydroxylation is 2. The van der Waals surface area contributed by atoms with Crippen molar-refractivity contribution in [3.8, 4) is 11.4 Å². The van der Waals surface area contributed by atoms with Gasteiger partial charge in [-0.3, -0.25) is 4.79 Å². The number of benzene rings is 3. The molecule has 5 heteroatoms. The van der Waals surface area contributed by atoms with Crippen LogP contribution in [-0.2, 0) is 0 Å². The molecular formula is C28H25N3O2. The highest BCUT2D eigenvalue weighted by Crippen LogP contribution is 2.34. The van der Waals surface area contributed by atoms with E-state index in [1.54, 1.807) is 0 Å². The van der Waals surface area contributed by atoms with E-state index >= 15 is 0 Å². The van der Waals surface area contributed by atoms with Crippen LogP contribution >= 0.6 is 0 Å². The van der Waals surface area contributed by atoms with Gasteiger partial charge in [-0.25, -0.2) is 5.43 Å².